The molecule has 0 heterocycles. The lowest BCUT2D eigenvalue weighted by Crippen LogP contribution is -2.48. The standard InChI is InChI=1S/C27H33NO2/c1-17-8-18(2)19(3)25(9-17)30-16-26(29)28-24-6-4-23(5-7-24)27-13-20-10-21(14-27)12-22(11-20)15-27/h4-9,20-22H,10-16H2,1-3H3,(H,28,29). The second kappa shape index (κ2) is 7.44. The van der Waals surface area contributed by atoms with Crippen molar-refractivity contribution in [2.75, 3.05) is 11.9 Å². The molecular formula is C27H33NO2. The maximum absolute atomic E-state index is 12.4. The van der Waals surface area contributed by atoms with E-state index in [0.29, 0.717) is 5.41 Å². The van der Waals surface area contributed by atoms with Gasteiger partial charge in [-0.3, -0.25) is 4.79 Å². The van der Waals surface area contributed by atoms with Crippen LogP contribution in [-0.4, -0.2) is 12.5 Å². The number of aryl methyl sites for hydroxylation is 2. The molecule has 158 valence electrons. The lowest BCUT2D eigenvalue weighted by atomic mass is 9.48. The van der Waals surface area contributed by atoms with Gasteiger partial charge in [0, 0.05) is 5.69 Å². The van der Waals surface area contributed by atoms with Crippen LogP contribution in [0.2, 0.25) is 0 Å². The summed E-state index contributed by atoms with van der Waals surface area (Å²) < 4.78 is 5.81. The van der Waals surface area contributed by atoms with E-state index in [9.17, 15) is 4.79 Å². The Hall–Kier alpha value is -2.29. The average Bonchev–Trinajstić information content (AvgIpc) is 2.69. The summed E-state index contributed by atoms with van der Waals surface area (Å²) in [5, 5.41) is 3.00. The zero-order valence-electron chi connectivity index (χ0n) is 18.5. The molecule has 4 saturated carbocycles. The molecule has 1 N–H and O–H groups in total. The van der Waals surface area contributed by atoms with E-state index >= 15 is 0 Å². The minimum Gasteiger partial charge on any atom is -0.483 e. The van der Waals surface area contributed by atoms with Gasteiger partial charge in [0.2, 0.25) is 0 Å². The molecule has 4 aliphatic carbocycles. The van der Waals surface area contributed by atoms with Gasteiger partial charge < -0.3 is 10.1 Å². The first-order valence-electron chi connectivity index (χ1n) is 11.5. The zero-order chi connectivity index (χ0) is 20.9. The first-order valence-corrected chi connectivity index (χ1v) is 11.5. The highest BCUT2D eigenvalue weighted by Gasteiger charge is 2.51. The normalized spacial score (nSPS) is 29.1. The Morgan fingerprint density at radius 2 is 1.57 bits per heavy atom. The number of hydrogen-bond acceptors (Lipinski definition) is 2. The molecule has 0 unspecified atom stereocenters. The van der Waals surface area contributed by atoms with Gasteiger partial charge in [0.15, 0.2) is 6.61 Å². The number of hydrogen-bond donors (Lipinski definition) is 1. The Bertz CT molecular complexity index is 924. The van der Waals surface area contributed by atoms with E-state index in [0.717, 1.165) is 40.3 Å². The molecule has 4 fully saturated rings. The van der Waals surface area contributed by atoms with E-state index in [1.165, 1.54) is 49.7 Å². The molecule has 1 amide bonds. The largest absolute Gasteiger partial charge is 0.483 e. The highest BCUT2D eigenvalue weighted by atomic mass is 16.5. The van der Waals surface area contributed by atoms with Crippen LogP contribution in [0, 0.1) is 38.5 Å². The quantitative estimate of drug-likeness (QED) is 0.655. The summed E-state index contributed by atoms with van der Waals surface area (Å²) >= 11 is 0. The summed E-state index contributed by atoms with van der Waals surface area (Å²) in [5.74, 6) is 3.51. The zero-order valence-corrected chi connectivity index (χ0v) is 18.5. The first-order chi connectivity index (χ1) is 14.4. The van der Waals surface area contributed by atoms with Crippen LogP contribution in [-0.2, 0) is 10.2 Å². The molecule has 3 heteroatoms. The van der Waals surface area contributed by atoms with Crippen LogP contribution >= 0.6 is 0 Å². The Balaban J connectivity index is 1.22. The minimum absolute atomic E-state index is 0.0282. The molecule has 0 radical (unpaired) electrons. The molecule has 0 spiro atoms. The fourth-order valence-corrected chi connectivity index (χ4v) is 6.86. The predicted molar refractivity (Wildman–Crippen MR) is 121 cm³/mol. The molecule has 2 aromatic carbocycles. The fourth-order valence-electron chi connectivity index (χ4n) is 6.86. The van der Waals surface area contributed by atoms with Crippen LogP contribution in [0.15, 0.2) is 36.4 Å². The van der Waals surface area contributed by atoms with Crippen molar-refractivity contribution in [3.63, 3.8) is 0 Å². The Kier molecular flexibility index (Phi) is 4.88. The van der Waals surface area contributed by atoms with Crippen molar-refractivity contribution >= 4 is 11.6 Å². The van der Waals surface area contributed by atoms with Gasteiger partial charge in [-0.2, -0.15) is 0 Å². The van der Waals surface area contributed by atoms with E-state index in [4.69, 9.17) is 4.74 Å². The monoisotopic (exact) mass is 403 g/mol. The molecule has 4 bridgehead atoms. The van der Waals surface area contributed by atoms with Crippen LogP contribution < -0.4 is 10.1 Å². The van der Waals surface area contributed by atoms with Crippen molar-refractivity contribution in [3.05, 3.63) is 58.7 Å². The molecule has 30 heavy (non-hydrogen) atoms. The third-order valence-corrected chi connectivity index (χ3v) is 7.94. The number of benzene rings is 2. The summed E-state index contributed by atoms with van der Waals surface area (Å²) in [6, 6.07) is 12.8. The van der Waals surface area contributed by atoms with Gasteiger partial charge in [-0.25, -0.2) is 0 Å². The third kappa shape index (κ3) is 3.64. The predicted octanol–water partition coefficient (Wildman–Crippen LogP) is 6.10. The second-order valence-electron chi connectivity index (χ2n) is 10.3. The van der Waals surface area contributed by atoms with Crippen LogP contribution in [0.5, 0.6) is 5.75 Å². The molecule has 0 aromatic heterocycles. The van der Waals surface area contributed by atoms with Crippen molar-refractivity contribution in [2.45, 2.75) is 64.7 Å². The maximum atomic E-state index is 12.4. The summed E-state index contributed by atoms with van der Waals surface area (Å²) in [4.78, 5) is 12.4. The van der Waals surface area contributed by atoms with Crippen LogP contribution in [0.3, 0.4) is 0 Å². The van der Waals surface area contributed by atoms with E-state index in [1.807, 2.05) is 19.9 Å². The smallest absolute Gasteiger partial charge is 0.262 e. The van der Waals surface area contributed by atoms with Gasteiger partial charge >= 0.3 is 0 Å². The van der Waals surface area contributed by atoms with Gasteiger partial charge in [0.05, 0.1) is 0 Å². The minimum atomic E-state index is -0.115. The number of anilines is 1. The van der Waals surface area contributed by atoms with Crippen LogP contribution in [0.4, 0.5) is 5.69 Å². The maximum Gasteiger partial charge on any atom is 0.262 e. The van der Waals surface area contributed by atoms with E-state index in [1.54, 1.807) is 0 Å². The molecule has 4 aliphatic rings. The molecule has 0 saturated heterocycles. The third-order valence-electron chi connectivity index (χ3n) is 7.94. The van der Waals surface area contributed by atoms with Crippen LogP contribution in [0.25, 0.3) is 0 Å². The Morgan fingerprint density at radius 3 is 2.17 bits per heavy atom. The molecule has 3 nitrogen and oxygen atoms in total. The number of rotatable bonds is 5. The summed E-state index contributed by atoms with van der Waals surface area (Å²) in [6.45, 7) is 6.18. The lowest BCUT2D eigenvalue weighted by Gasteiger charge is -2.57. The van der Waals surface area contributed by atoms with Gasteiger partial charge in [-0.15, -0.1) is 0 Å². The number of carbonyl (C=O) groups is 1. The van der Waals surface area contributed by atoms with Gasteiger partial charge in [0.1, 0.15) is 5.75 Å². The van der Waals surface area contributed by atoms with Gasteiger partial charge in [0.25, 0.3) is 5.91 Å². The van der Waals surface area contributed by atoms with E-state index < -0.39 is 0 Å². The number of carbonyl (C=O) groups excluding carboxylic acids is 1. The molecule has 0 atom stereocenters. The summed E-state index contributed by atoms with van der Waals surface area (Å²) in [6.07, 6.45) is 8.50. The van der Waals surface area contributed by atoms with Crippen molar-refractivity contribution in [1.82, 2.24) is 0 Å². The number of nitrogens with one attached hydrogen (secondary N) is 1. The van der Waals surface area contributed by atoms with Gasteiger partial charge in [-0.05, 0) is 123 Å². The highest BCUT2D eigenvalue weighted by molar-refractivity contribution is 5.91. The second-order valence-corrected chi connectivity index (χ2v) is 10.3. The molecule has 6 rings (SSSR count). The SMILES string of the molecule is Cc1cc(C)c(C)c(OCC(=O)Nc2ccc(C34CC5CC(CC(C5)C3)C4)cc2)c1. The van der Waals surface area contributed by atoms with Crippen LogP contribution in [0.1, 0.15) is 60.8 Å². The number of ether oxygens (including phenoxy) is 1. The van der Waals surface area contributed by atoms with E-state index in [2.05, 4.69) is 42.6 Å². The van der Waals surface area contributed by atoms with E-state index in [-0.39, 0.29) is 12.5 Å². The summed E-state index contributed by atoms with van der Waals surface area (Å²) in [5.41, 5.74) is 6.17. The van der Waals surface area contributed by atoms with Crippen molar-refractivity contribution in [2.24, 2.45) is 17.8 Å². The molecule has 0 aliphatic heterocycles. The summed E-state index contributed by atoms with van der Waals surface area (Å²) in [7, 11) is 0. The Labute approximate surface area is 180 Å². The average molecular weight is 404 g/mol. The topological polar surface area (TPSA) is 38.3 Å². The molecule has 2 aromatic rings. The number of amides is 1. The van der Waals surface area contributed by atoms with Crippen molar-refractivity contribution in [3.8, 4) is 5.75 Å². The van der Waals surface area contributed by atoms with Crippen molar-refractivity contribution < 1.29 is 9.53 Å². The first kappa shape index (κ1) is 19.7. The Morgan fingerprint density at radius 1 is 0.967 bits per heavy atom. The lowest BCUT2D eigenvalue weighted by molar-refractivity contribution is -0.118. The molecular weight excluding hydrogens is 370 g/mol. The highest BCUT2D eigenvalue weighted by Crippen LogP contribution is 2.60. The van der Waals surface area contributed by atoms with Crippen molar-refractivity contribution in [1.29, 1.82) is 0 Å². The van der Waals surface area contributed by atoms with Gasteiger partial charge in [-0.1, -0.05) is 18.2 Å². The fraction of sp³-hybridized carbons (Fsp3) is 0.519.